The van der Waals surface area contributed by atoms with Gasteiger partial charge in [0, 0.05) is 12.3 Å². The van der Waals surface area contributed by atoms with Gasteiger partial charge in [0.1, 0.15) is 6.54 Å². The van der Waals surface area contributed by atoms with Gasteiger partial charge in [-0.15, -0.1) is 0 Å². The first-order valence-corrected chi connectivity index (χ1v) is 4.52. The van der Waals surface area contributed by atoms with Gasteiger partial charge in [0.2, 0.25) is 5.88 Å². The fourth-order valence-electron chi connectivity index (χ4n) is 0.962. The van der Waals surface area contributed by atoms with Crippen molar-refractivity contribution in [1.29, 1.82) is 0 Å². The Bertz CT molecular complexity index is 375. The molecule has 0 unspecified atom stereocenters. The van der Waals surface area contributed by atoms with Gasteiger partial charge >= 0.3 is 5.97 Å². The summed E-state index contributed by atoms with van der Waals surface area (Å²) in [6, 6.07) is 3.12. The minimum Gasteiger partial charge on any atom is -0.481 e. The minimum atomic E-state index is -0.505. The Balaban J connectivity index is 2.56. The van der Waals surface area contributed by atoms with E-state index in [1.807, 2.05) is 0 Å². The number of carbonyl (C=O) groups is 2. The second-order valence-corrected chi connectivity index (χ2v) is 2.85. The van der Waals surface area contributed by atoms with Gasteiger partial charge in [0.15, 0.2) is 0 Å². The molecule has 0 aliphatic carbocycles. The van der Waals surface area contributed by atoms with E-state index in [0.29, 0.717) is 11.4 Å². The maximum Gasteiger partial charge on any atom is 0.325 e. The number of nitrogens with one attached hydrogen (secondary N) is 1. The smallest absolute Gasteiger partial charge is 0.325 e. The Kier molecular flexibility index (Phi) is 4.26. The molecule has 1 heterocycles. The predicted molar refractivity (Wildman–Crippen MR) is 55.1 cm³/mol. The summed E-state index contributed by atoms with van der Waals surface area (Å²) in [5.41, 5.74) is 0.352. The van der Waals surface area contributed by atoms with E-state index >= 15 is 0 Å². The molecule has 0 atom stereocenters. The number of methoxy groups -OCH3 is 2. The Labute approximate surface area is 92.6 Å². The van der Waals surface area contributed by atoms with E-state index in [9.17, 15) is 9.59 Å². The van der Waals surface area contributed by atoms with E-state index in [0.717, 1.165) is 0 Å². The van der Waals surface area contributed by atoms with Crippen molar-refractivity contribution < 1.29 is 19.1 Å². The number of hydrogen-bond acceptors (Lipinski definition) is 5. The molecule has 0 aliphatic heterocycles. The van der Waals surface area contributed by atoms with Crippen LogP contribution < -0.4 is 10.1 Å². The standard InChI is InChI=1S/C10H12N2O4/c1-15-8-4-3-7(5-11-8)10(14)12-6-9(13)16-2/h3-5H,6H2,1-2H3,(H,12,14). The van der Waals surface area contributed by atoms with Crippen LogP contribution >= 0.6 is 0 Å². The van der Waals surface area contributed by atoms with Crippen molar-refractivity contribution in [2.24, 2.45) is 0 Å². The lowest BCUT2D eigenvalue weighted by Crippen LogP contribution is -2.30. The van der Waals surface area contributed by atoms with Crippen LogP contribution in [0.15, 0.2) is 18.3 Å². The van der Waals surface area contributed by atoms with E-state index in [1.54, 1.807) is 12.1 Å². The van der Waals surface area contributed by atoms with Gasteiger partial charge in [-0.3, -0.25) is 9.59 Å². The molecule has 0 bridgehead atoms. The third-order valence-corrected chi connectivity index (χ3v) is 1.83. The molecule has 0 saturated heterocycles. The summed E-state index contributed by atoms with van der Waals surface area (Å²) in [7, 11) is 2.74. The molecule has 1 aromatic heterocycles. The molecule has 1 N–H and O–H groups in total. The van der Waals surface area contributed by atoms with Crippen LogP contribution in [0.2, 0.25) is 0 Å². The fourth-order valence-corrected chi connectivity index (χ4v) is 0.962. The first kappa shape index (κ1) is 12.0. The number of carbonyl (C=O) groups excluding carboxylic acids is 2. The number of aromatic nitrogens is 1. The number of rotatable bonds is 4. The average Bonchev–Trinajstić information content (AvgIpc) is 2.35. The van der Waals surface area contributed by atoms with Crippen molar-refractivity contribution in [2.45, 2.75) is 0 Å². The molecule has 16 heavy (non-hydrogen) atoms. The van der Waals surface area contributed by atoms with Gasteiger partial charge in [-0.2, -0.15) is 0 Å². The SMILES string of the molecule is COC(=O)CNC(=O)c1ccc(OC)nc1. The lowest BCUT2D eigenvalue weighted by atomic mass is 10.2. The number of amides is 1. The van der Waals surface area contributed by atoms with Gasteiger partial charge < -0.3 is 14.8 Å². The summed E-state index contributed by atoms with van der Waals surface area (Å²) in [5.74, 6) is -0.472. The molecule has 1 amide bonds. The third-order valence-electron chi connectivity index (χ3n) is 1.83. The molecule has 0 spiro atoms. The number of hydrogen-bond donors (Lipinski definition) is 1. The van der Waals surface area contributed by atoms with Crippen LogP contribution in [0.25, 0.3) is 0 Å². The first-order chi connectivity index (χ1) is 7.67. The number of ether oxygens (including phenoxy) is 2. The average molecular weight is 224 g/mol. The van der Waals surface area contributed by atoms with Gasteiger partial charge in [-0.25, -0.2) is 4.98 Å². The number of nitrogens with zero attached hydrogens (tertiary/aromatic N) is 1. The number of esters is 1. The van der Waals surface area contributed by atoms with Crippen LogP contribution in [0.4, 0.5) is 0 Å². The van der Waals surface area contributed by atoms with E-state index < -0.39 is 5.97 Å². The van der Waals surface area contributed by atoms with Gasteiger partial charge in [-0.05, 0) is 6.07 Å². The quantitative estimate of drug-likeness (QED) is 0.728. The maximum atomic E-state index is 11.5. The maximum absolute atomic E-state index is 11.5. The Morgan fingerprint density at radius 3 is 2.62 bits per heavy atom. The van der Waals surface area contributed by atoms with Crippen LogP contribution in [0, 0.1) is 0 Å². The van der Waals surface area contributed by atoms with Crippen molar-refractivity contribution in [1.82, 2.24) is 10.3 Å². The zero-order valence-corrected chi connectivity index (χ0v) is 9.02. The topological polar surface area (TPSA) is 77.5 Å². The van der Waals surface area contributed by atoms with E-state index in [1.165, 1.54) is 20.4 Å². The van der Waals surface area contributed by atoms with Gasteiger partial charge in [-0.1, -0.05) is 0 Å². The van der Waals surface area contributed by atoms with E-state index in [4.69, 9.17) is 4.74 Å². The lowest BCUT2D eigenvalue weighted by Gasteiger charge is -2.04. The summed E-state index contributed by atoms with van der Waals surface area (Å²) < 4.78 is 9.23. The van der Waals surface area contributed by atoms with E-state index in [2.05, 4.69) is 15.0 Å². The molecule has 0 fully saturated rings. The highest BCUT2D eigenvalue weighted by molar-refractivity contribution is 5.95. The Hall–Kier alpha value is -2.11. The highest BCUT2D eigenvalue weighted by Crippen LogP contribution is 2.06. The molecular formula is C10H12N2O4. The molecule has 6 heteroatoms. The molecule has 0 saturated carbocycles. The van der Waals surface area contributed by atoms with Crippen molar-refractivity contribution in [3.63, 3.8) is 0 Å². The Morgan fingerprint density at radius 2 is 2.12 bits per heavy atom. The molecular weight excluding hydrogens is 212 g/mol. The highest BCUT2D eigenvalue weighted by Gasteiger charge is 2.08. The minimum absolute atomic E-state index is 0.165. The number of pyridine rings is 1. The summed E-state index contributed by atoms with van der Waals surface area (Å²) in [6.45, 7) is -0.165. The van der Waals surface area contributed by atoms with Crippen LogP contribution in [0.3, 0.4) is 0 Å². The monoisotopic (exact) mass is 224 g/mol. The van der Waals surface area contributed by atoms with Gasteiger partial charge in [0.25, 0.3) is 5.91 Å². The first-order valence-electron chi connectivity index (χ1n) is 4.52. The zero-order chi connectivity index (χ0) is 12.0. The van der Waals surface area contributed by atoms with Gasteiger partial charge in [0.05, 0.1) is 19.8 Å². The summed E-state index contributed by atoms with van der Waals surface area (Å²) in [4.78, 5) is 26.1. The highest BCUT2D eigenvalue weighted by atomic mass is 16.5. The molecule has 86 valence electrons. The van der Waals surface area contributed by atoms with Crippen molar-refractivity contribution >= 4 is 11.9 Å². The molecule has 0 aliphatic rings. The second kappa shape index (κ2) is 5.69. The molecule has 0 aromatic carbocycles. The van der Waals surface area contributed by atoms with E-state index in [-0.39, 0.29) is 12.5 Å². The van der Waals surface area contributed by atoms with Crippen LogP contribution in [-0.4, -0.2) is 37.6 Å². The molecule has 1 rings (SSSR count). The molecule has 0 radical (unpaired) electrons. The Morgan fingerprint density at radius 1 is 1.38 bits per heavy atom. The molecule has 6 nitrogen and oxygen atoms in total. The zero-order valence-electron chi connectivity index (χ0n) is 9.02. The van der Waals surface area contributed by atoms with Crippen LogP contribution in [0.1, 0.15) is 10.4 Å². The van der Waals surface area contributed by atoms with Crippen LogP contribution in [0.5, 0.6) is 5.88 Å². The predicted octanol–water partition coefficient (Wildman–Crippen LogP) is -0.00700. The second-order valence-electron chi connectivity index (χ2n) is 2.85. The summed E-state index contributed by atoms with van der Waals surface area (Å²) >= 11 is 0. The largest absolute Gasteiger partial charge is 0.481 e. The van der Waals surface area contributed by atoms with Crippen molar-refractivity contribution in [3.8, 4) is 5.88 Å². The third kappa shape index (κ3) is 3.23. The normalized spacial score (nSPS) is 9.38. The van der Waals surface area contributed by atoms with Crippen molar-refractivity contribution in [2.75, 3.05) is 20.8 Å². The fraction of sp³-hybridized carbons (Fsp3) is 0.300. The summed E-state index contributed by atoms with van der Waals surface area (Å²) in [5, 5.41) is 2.39. The summed E-state index contributed by atoms with van der Waals surface area (Å²) in [6.07, 6.45) is 1.37. The van der Waals surface area contributed by atoms with Crippen molar-refractivity contribution in [3.05, 3.63) is 23.9 Å². The van der Waals surface area contributed by atoms with Crippen LogP contribution in [-0.2, 0) is 9.53 Å². The molecule has 1 aromatic rings. The lowest BCUT2D eigenvalue weighted by molar-refractivity contribution is -0.139.